The smallest absolute Gasteiger partial charge is 0.265 e. The van der Waals surface area contributed by atoms with Crippen molar-refractivity contribution in [3.63, 3.8) is 0 Å². The van der Waals surface area contributed by atoms with Crippen LogP contribution in [0.4, 0.5) is 0 Å². The van der Waals surface area contributed by atoms with E-state index in [0.717, 1.165) is 31.6 Å². The van der Waals surface area contributed by atoms with E-state index in [1.54, 1.807) is 0 Å². The van der Waals surface area contributed by atoms with E-state index in [9.17, 15) is 4.79 Å². The van der Waals surface area contributed by atoms with Gasteiger partial charge in [0.25, 0.3) is 5.91 Å². The highest BCUT2D eigenvalue weighted by molar-refractivity contribution is 7.12. The molecule has 0 aromatic carbocycles. The molecule has 6 heteroatoms. The molecule has 114 valence electrons. The maximum absolute atomic E-state index is 12.6. The third-order valence-electron chi connectivity index (χ3n) is 3.48. The molecule has 1 aromatic heterocycles. The molecule has 3 N–H and O–H groups in total. The van der Waals surface area contributed by atoms with Crippen molar-refractivity contribution in [3.8, 4) is 11.8 Å². The van der Waals surface area contributed by atoms with E-state index < -0.39 is 0 Å². The molecule has 2 heterocycles. The summed E-state index contributed by atoms with van der Waals surface area (Å²) in [5, 5.41) is 10.9. The topological polar surface area (TPSA) is 69.8 Å². The Kier molecular flexibility index (Phi) is 6.21. The molecule has 1 aliphatic rings. The Morgan fingerprint density at radius 3 is 3.00 bits per heavy atom. The molecule has 5 nitrogen and oxygen atoms in total. The summed E-state index contributed by atoms with van der Waals surface area (Å²) in [5.74, 6) is 5.82. The number of hydrogen-bond donors (Lipinski definition) is 2. The van der Waals surface area contributed by atoms with Crippen molar-refractivity contribution >= 4 is 17.2 Å². The Balaban J connectivity index is 2.05. The van der Waals surface area contributed by atoms with Gasteiger partial charge in [-0.05, 0) is 24.4 Å². The van der Waals surface area contributed by atoms with Gasteiger partial charge in [-0.15, -0.1) is 11.3 Å². The van der Waals surface area contributed by atoms with Gasteiger partial charge < -0.3 is 15.7 Å². The molecule has 0 unspecified atom stereocenters. The number of thiophene rings is 1. The number of β-amino-alcohol motifs (C(OH)–C–C–N with tert-alkyl or cyclic N) is 1. The number of aliphatic hydroxyl groups is 1. The second-order valence-corrected chi connectivity index (χ2v) is 5.80. The van der Waals surface area contributed by atoms with Crippen LogP contribution in [-0.4, -0.2) is 66.7 Å². The predicted octanol–water partition coefficient (Wildman–Crippen LogP) is 0.199. The van der Waals surface area contributed by atoms with Crippen LogP contribution >= 0.6 is 11.3 Å². The predicted molar refractivity (Wildman–Crippen MR) is 84.3 cm³/mol. The van der Waals surface area contributed by atoms with Gasteiger partial charge in [0.05, 0.1) is 13.2 Å². The quantitative estimate of drug-likeness (QED) is 0.783. The van der Waals surface area contributed by atoms with Gasteiger partial charge in [0.2, 0.25) is 0 Å². The Morgan fingerprint density at radius 2 is 2.24 bits per heavy atom. The molecule has 0 bridgehead atoms. The summed E-state index contributed by atoms with van der Waals surface area (Å²) >= 11 is 1.43. The average Bonchev–Trinajstić information content (AvgIpc) is 2.83. The fourth-order valence-electron chi connectivity index (χ4n) is 2.40. The zero-order valence-electron chi connectivity index (χ0n) is 12.0. The fourth-order valence-corrected chi connectivity index (χ4v) is 3.22. The Bertz CT molecular complexity index is 533. The first-order valence-electron chi connectivity index (χ1n) is 7.15. The van der Waals surface area contributed by atoms with Crippen LogP contribution in [0.15, 0.2) is 11.4 Å². The highest BCUT2D eigenvalue weighted by Gasteiger charge is 2.22. The van der Waals surface area contributed by atoms with Crippen LogP contribution in [0.3, 0.4) is 0 Å². The zero-order chi connectivity index (χ0) is 15.1. The molecule has 21 heavy (non-hydrogen) atoms. The molecular formula is C15H21N3O2S. The maximum Gasteiger partial charge on any atom is 0.265 e. The van der Waals surface area contributed by atoms with Crippen LogP contribution in [-0.2, 0) is 0 Å². The van der Waals surface area contributed by atoms with Crippen molar-refractivity contribution in [2.45, 2.75) is 6.42 Å². The molecule has 0 radical (unpaired) electrons. The number of nitrogens with zero attached hydrogens (tertiary/aromatic N) is 2. The van der Waals surface area contributed by atoms with Gasteiger partial charge >= 0.3 is 0 Å². The maximum atomic E-state index is 12.6. The summed E-state index contributed by atoms with van der Waals surface area (Å²) in [7, 11) is 0. The molecule has 1 aromatic rings. The Labute approximate surface area is 129 Å². The lowest BCUT2D eigenvalue weighted by atomic mass is 10.2. The normalized spacial score (nSPS) is 16.2. The van der Waals surface area contributed by atoms with E-state index in [1.165, 1.54) is 11.3 Å². The summed E-state index contributed by atoms with van der Waals surface area (Å²) in [4.78, 5) is 17.4. The first-order chi connectivity index (χ1) is 10.3. The summed E-state index contributed by atoms with van der Waals surface area (Å²) in [6.45, 7) is 4.31. The first kappa shape index (κ1) is 16.0. The van der Waals surface area contributed by atoms with Crippen molar-refractivity contribution in [1.82, 2.24) is 9.80 Å². The van der Waals surface area contributed by atoms with Crippen molar-refractivity contribution < 1.29 is 9.90 Å². The van der Waals surface area contributed by atoms with Gasteiger partial charge in [-0.2, -0.15) is 0 Å². The number of carbonyl (C=O) groups excluding carboxylic acids is 1. The lowest BCUT2D eigenvalue weighted by molar-refractivity contribution is 0.0765. The highest BCUT2D eigenvalue weighted by Crippen LogP contribution is 2.19. The summed E-state index contributed by atoms with van der Waals surface area (Å²) < 4.78 is 0. The molecule has 0 atom stereocenters. The van der Waals surface area contributed by atoms with Crippen LogP contribution in [0, 0.1) is 11.8 Å². The van der Waals surface area contributed by atoms with Crippen LogP contribution < -0.4 is 5.73 Å². The third-order valence-corrected chi connectivity index (χ3v) is 4.38. The fraction of sp³-hybridized carbons (Fsp3) is 0.533. The minimum absolute atomic E-state index is 0.0529. The van der Waals surface area contributed by atoms with Gasteiger partial charge in [0.1, 0.15) is 4.88 Å². The van der Waals surface area contributed by atoms with Gasteiger partial charge in [0.15, 0.2) is 0 Å². The van der Waals surface area contributed by atoms with Crippen LogP contribution in [0.5, 0.6) is 0 Å². The highest BCUT2D eigenvalue weighted by atomic mass is 32.1. The number of hydrogen-bond acceptors (Lipinski definition) is 5. The number of nitrogens with two attached hydrogens (primary N) is 1. The minimum atomic E-state index is 0.0529. The largest absolute Gasteiger partial charge is 0.395 e. The van der Waals surface area contributed by atoms with Gasteiger partial charge in [0, 0.05) is 31.7 Å². The molecular weight excluding hydrogens is 286 g/mol. The van der Waals surface area contributed by atoms with E-state index in [0.29, 0.717) is 24.5 Å². The monoisotopic (exact) mass is 307 g/mol. The van der Waals surface area contributed by atoms with Crippen LogP contribution in [0.2, 0.25) is 0 Å². The van der Waals surface area contributed by atoms with Crippen molar-refractivity contribution in [1.29, 1.82) is 0 Å². The lowest BCUT2D eigenvalue weighted by Crippen LogP contribution is -2.35. The molecule has 1 amide bonds. The van der Waals surface area contributed by atoms with E-state index >= 15 is 0 Å². The molecule has 0 spiro atoms. The van der Waals surface area contributed by atoms with E-state index in [4.69, 9.17) is 10.8 Å². The number of amides is 1. The number of carbonyl (C=O) groups is 1. The van der Waals surface area contributed by atoms with Gasteiger partial charge in [-0.3, -0.25) is 9.69 Å². The standard InChI is InChI=1S/C15H21N3O2S/c16-5-1-3-13-4-12-21-14(13)15(20)18-7-2-6-17(8-9-18)10-11-19/h4,12,19H,2,5-11,16H2. The van der Waals surface area contributed by atoms with Gasteiger partial charge in [-0.25, -0.2) is 0 Å². The zero-order valence-corrected chi connectivity index (χ0v) is 12.9. The Hall–Kier alpha value is -1.39. The van der Waals surface area contributed by atoms with Crippen molar-refractivity contribution in [3.05, 3.63) is 21.9 Å². The lowest BCUT2D eigenvalue weighted by Gasteiger charge is -2.21. The summed E-state index contributed by atoms with van der Waals surface area (Å²) in [6.07, 6.45) is 0.931. The third kappa shape index (κ3) is 4.29. The van der Waals surface area contributed by atoms with Crippen molar-refractivity contribution in [2.75, 3.05) is 45.9 Å². The molecule has 0 aliphatic carbocycles. The molecule has 1 aliphatic heterocycles. The van der Waals surface area contributed by atoms with E-state index in [2.05, 4.69) is 16.7 Å². The Morgan fingerprint density at radius 1 is 1.38 bits per heavy atom. The van der Waals surface area contributed by atoms with Crippen LogP contribution in [0.1, 0.15) is 21.7 Å². The van der Waals surface area contributed by atoms with Gasteiger partial charge in [-0.1, -0.05) is 11.8 Å². The second kappa shape index (κ2) is 8.15. The SMILES string of the molecule is NCC#Cc1ccsc1C(=O)N1CCCN(CCO)CC1. The summed E-state index contributed by atoms with van der Waals surface area (Å²) in [6, 6.07) is 1.87. The average molecular weight is 307 g/mol. The molecule has 1 fully saturated rings. The molecule has 2 rings (SSSR count). The summed E-state index contributed by atoms with van der Waals surface area (Å²) in [5.41, 5.74) is 6.16. The first-order valence-corrected chi connectivity index (χ1v) is 8.03. The number of rotatable bonds is 3. The van der Waals surface area contributed by atoms with E-state index in [-0.39, 0.29) is 12.5 Å². The minimum Gasteiger partial charge on any atom is -0.395 e. The number of aliphatic hydroxyl groups excluding tert-OH is 1. The molecule has 0 saturated carbocycles. The molecule has 1 saturated heterocycles. The van der Waals surface area contributed by atoms with Crippen LogP contribution in [0.25, 0.3) is 0 Å². The van der Waals surface area contributed by atoms with E-state index in [1.807, 2.05) is 16.3 Å². The second-order valence-electron chi connectivity index (χ2n) is 4.88. The van der Waals surface area contributed by atoms with Crippen molar-refractivity contribution in [2.24, 2.45) is 5.73 Å².